The maximum Gasteiger partial charge on any atom is 0.239 e. The Bertz CT molecular complexity index is 231. The molecule has 1 amide bonds. The van der Waals surface area contributed by atoms with Crippen LogP contribution in [0.15, 0.2) is 0 Å². The first kappa shape index (κ1) is 12.5. The predicted octanol–water partition coefficient (Wildman–Crippen LogP) is 0.166. The van der Waals surface area contributed by atoms with E-state index >= 15 is 0 Å². The van der Waals surface area contributed by atoms with E-state index in [1.165, 1.54) is 0 Å². The zero-order chi connectivity index (χ0) is 11.6. The molecule has 0 radical (unpaired) electrons. The molecule has 0 bridgehead atoms. The van der Waals surface area contributed by atoms with Gasteiger partial charge in [-0.2, -0.15) is 0 Å². The highest BCUT2D eigenvalue weighted by Gasteiger charge is 2.36. The normalized spacial score (nSPS) is 29.1. The minimum atomic E-state index is -0.123. The van der Waals surface area contributed by atoms with Gasteiger partial charge in [0.2, 0.25) is 5.91 Å². The number of nitrogens with zero attached hydrogens (tertiary/aromatic N) is 2. The molecular weight excluding hydrogens is 192 g/mol. The molecule has 1 aliphatic rings. The molecule has 0 aromatic carbocycles. The molecule has 88 valence electrons. The van der Waals surface area contributed by atoms with Gasteiger partial charge in [0.05, 0.1) is 12.6 Å². The molecule has 1 saturated heterocycles. The highest BCUT2D eigenvalue weighted by atomic mass is 16.3. The number of aliphatic hydroxyl groups is 1. The van der Waals surface area contributed by atoms with E-state index in [2.05, 4.69) is 11.8 Å². The number of hydrogen-bond donors (Lipinski definition) is 1. The molecule has 1 aliphatic heterocycles. The van der Waals surface area contributed by atoms with Crippen LogP contribution in [0.2, 0.25) is 0 Å². The molecule has 1 fully saturated rings. The molecule has 0 spiro atoms. The van der Waals surface area contributed by atoms with Gasteiger partial charge in [-0.15, -0.1) is 0 Å². The zero-order valence-electron chi connectivity index (χ0n) is 10.1. The average molecular weight is 214 g/mol. The number of amides is 1. The molecule has 0 aromatic heterocycles. The van der Waals surface area contributed by atoms with Gasteiger partial charge in [0.1, 0.15) is 0 Å². The number of carbonyl (C=O) groups is 1. The highest BCUT2D eigenvalue weighted by Crippen LogP contribution is 2.25. The van der Waals surface area contributed by atoms with Crippen LogP contribution < -0.4 is 0 Å². The first-order valence-electron chi connectivity index (χ1n) is 5.56. The second-order valence-electron chi connectivity index (χ2n) is 4.66. The third kappa shape index (κ3) is 2.49. The second kappa shape index (κ2) is 4.94. The number of carbonyl (C=O) groups excluding carboxylic acids is 1. The van der Waals surface area contributed by atoms with Crippen LogP contribution in [0.25, 0.3) is 0 Å². The van der Waals surface area contributed by atoms with Crippen molar-refractivity contribution in [3.05, 3.63) is 0 Å². The third-order valence-corrected chi connectivity index (χ3v) is 3.41. The van der Waals surface area contributed by atoms with Gasteiger partial charge in [-0.25, -0.2) is 0 Å². The van der Waals surface area contributed by atoms with Gasteiger partial charge in [-0.1, -0.05) is 6.92 Å². The topological polar surface area (TPSA) is 43.8 Å². The zero-order valence-corrected chi connectivity index (χ0v) is 10.1. The number of aliphatic hydroxyl groups excluding tert-OH is 1. The van der Waals surface area contributed by atoms with E-state index < -0.39 is 0 Å². The third-order valence-electron chi connectivity index (χ3n) is 3.41. The van der Waals surface area contributed by atoms with Crippen molar-refractivity contribution in [3.63, 3.8) is 0 Å². The van der Waals surface area contributed by atoms with Crippen LogP contribution in [-0.4, -0.2) is 60.1 Å². The minimum absolute atomic E-state index is 0.113. The van der Waals surface area contributed by atoms with E-state index in [-0.39, 0.29) is 24.6 Å². The van der Waals surface area contributed by atoms with Crippen LogP contribution in [-0.2, 0) is 4.79 Å². The number of likely N-dealkylation sites (tertiary alicyclic amines) is 1. The van der Waals surface area contributed by atoms with E-state index in [9.17, 15) is 9.90 Å². The Morgan fingerprint density at radius 2 is 2.20 bits per heavy atom. The van der Waals surface area contributed by atoms with Crippen molar-refractivity contribution < 1.29 is 9.90 Å². The summed E-state index contributed by atoms with van der Waals surface area (Å²) in [6.45, 7) is 5.11. The average Bonchev–Trinajstić information content (AvgIpc) is 2.57. The number of rotatable bonds is 3. The van der Waals surface area contributed by atoms with Crippen LogP contribution in [0.1, 0.15) is 20.3 Å². The molecule has 15 heavy (non-hydrogen) atoms. The van der Waals surface area contributed by atoms with E-state index in [1.807, 2.05) is 6.92 Å². The smallest absolute Gasteiger partial charge is 0.239 e. The van der Waals surface area contributed by atoms with Gasteiger partial charge in [0.15, 0.2) is 0 Å². The lowest BCUT2D eigenvalue weighted by Crippen LogP contribution is -2.48. The molecule has 4 heteroatoms. The molecule has 3 unspecified atom stereocenters. The van der Waals surface area contributed by atoms with Gasteiger partial charge < -0.3 is 10.0 Å². The molecular formula is C11H22N2O2. The lowest BCUT2D eigenvalue weighted by molar-refractivity contribution is -0.134. The highest BCUT2D eigenvalue weighted by molar-refractivity contribution is 5.81. The Labute approximate surface area is 91.9 Å². The lowest BCUT2D eigenvalue weighted by atomic mass is 10.0. The summed E-state index contributed by atoms with van der Waals surface area (Å²) in [6.07, 6.45) is 1.07. The summed E-state index contributed by atoms with van der Waals surface area (Å²) in [4.78, 5) is 15.5. The Kier molecular flexibility index (Phi) is 4.11. The number of likely N-dealkylation sites (N-methyl/N-ethyl adjacent to an activating group) is 1. The van der Waals surface area contributed by atoms with Crippen molar-refractivity contribution in [2.75, 3.05) is 27.2 Å². The summed E-state index contributed by atoms with van der Waals surface area (Å²) in [5.41, 5.74) is 0. The molecule has 4 nitrogen and oxygen atoms in total. The molecule has 1 rings (SSSR count). The van der Waals surface area contributed by atoms with Gasteiger partial charge in [0, 0.05) is 20.1 Å². The largest absolute Gasteiger partial charge is 0.395 e. The summed E-state index contributed by atoms with van der Waals surface area (Å²) in [5, 5.41) is 9.31. The molecule has 0 saturated carbocycles. The maximum absolute atomic E-state index is 11.8. The summed E-state index contributed by atoms with van der Waals surface area (Å²) >= 11 is 0. The quantitative estimate of drug-likeness (QED) is 0.728. The van der Waals surface area contributed by atoms with Gasteiger partial charge >= 0.3 is 0 Å². The monoisotopic (exact) mass is 214 g/mol. The van der Waals surface area contributed by atoms with Crippen molar-refractivity contribution in [3.8, 4) is 0 Å². The SMILES string of the molecule is CC1CCN(C(C)C(=O)N(C)C)C1CO. The standard InChI is InChI=1S/C11H22N2O2/c1-8-5-6-13(10(8)7-14)9(2)11(15)12(3)4/h8-10,14H,5-7H2,1-4H3. The Morgan fingerprint density at radius 3 is 2.67 bits per heavy atom. The second-order valence-corrected chi connectivity index (χ2v) is 4.66. The molecule has 1 N–H and O–H groups in total. The fourth-order valence-corrected chi connectivity index (χ4v) is 2.32. The van der Waals surface area contributed by atoms with Crippen LogP contribution in [0, 0.1) is 5.92 Å². The van der Waals surface area contributed by atoms with E-state index in [0.29, 0.717) is 5.92 Å². The maximum atomic E-state index is 11.8. The Morgan fingerprint density at radius 1 is 1.60 bits per heavy atom. The first-order chi connectivity index (χ1) is 6.99. The van der Waals surface area contributed by atoms with Crippen molar-refractivity contribution in [1.82, 2.24) is 9.80 Å². The van der Waals surface area contributed by atoms with Crippen LogP contribution in [0.4, 0.5) is 0 Å². The number of hydrogen-bond acceptors (Lipinski definition) is 3. The summed E-state index contributed by atoms with van der Waals surface area (Å²) in [7, 11) is 3.54. The lowest BCUT2D eigenvalue weighted by Gasteiger charge is -2.31. The molecule has 3 atom stereocenters. The van der Waals surface area contributed by atoms with Crippen molar-refractivity contribution >= 4 is 5.91 Å². The van der Waals surface area contributed by atoms with Gasteiger partial charge in [0.25, 0.3) is 0 Å². The fraction of sp³-hybridized carbons (Fsp3) is 0.909. The van der Waals surface area contributed by atoms with Crippen LogP contribution in [0.3, 0.4) is 0 Å². The predicted molar refractivity (Wildman–Crippen MR) is 59.5 cm³/mol. The van der Waals surface area contributed by atoms with Crippen LogP contribution in [0.5, 0.6) is 0 Å². The Balaban J connectivity index is 2.67. The van der Waals surface area contributed by atoms with Crippen molar-refractivity contribution in [2.45, 2.75) is 32.4 Å². The van der Waals surface area contributed by atoms with Crippen LogP contribution >= 0.6 is 0 Å². The summed E-state index contributed by atoms with van der Waals surface area (Å²) in [5.74, 6) is 0.593. The fourth-order valence-electron chi connectivity index (χ4n) is 2.32. The minimum Gasteiger partial charge on any atom is -0.395 e. The van der Waals surface area contributed by atoms with E-state index in [0.717, 1.165) is 13.0 Å². The van der Waals surface area contributed by atoms with Crippen molar-refractivity contribution in [1.29, 1.82) is 0 Å². The van der Waals surface area contributed by atoms with E-state index in [4.69, 9.17) is 0 Å². The molecule has 1 heterocycles. The molecule has 0 aromatic rings. The Hall–Kier alpha value is -0.610. The molecule has 0 aliphatic carbocycles. The first-order valence-corrected chi connectivity index (χ1v) is 5.56. The summed E-state index contributed by atoms with van der Waals surface area (Å²) in [6, 6.07) is 0.0194. The summed E-state index contributed by atoms with van der Waals surface area (Å²) < 4.78 is 0. The van der Waals surface area contributed by atoms with Gasteiger partial charge in [-0.3, -0.25) is 9.69 Å². The van der Waals surface area contributed by atoms with Crippen molar-refractivity contribution in [2.24, 2.45) is 5.92 Å². The van der Waals surface area contributed by atoms with Gasteiger partial charge in [-0.05, 0) is 25.8 Å². The van der Waals surface area contributed by atoms with E-state index in [1.54, 1.807) is 19.0 Å².